The molecule has 3 rings (SSSR count). The molecular weight excluding hydrogens is 373 g/mol. The van der Waals surface area contributed by atoms with Crippen LogP contribution in [0.3, 0.4) is 0 Å². The summed E-state index contributed by atoms with van der Waals surface area (Å²) in [7, 11) is 0. The molecule has 0 aliphatic heterocycles. The summed E-state index contributed by atoms with van der Waals surface area (Å²) in [6.07, 6.45) is -4.31. The first kappa shape index (κ1) is 19.6. The van der Waals surface area contributed by atoms with Crippen molar-refractivity contribution in [2.24, 2.45) is 0 Å². The lowest BCUT2D eigenvalue weighted by molar-refractivity contribution is -0.138. The van der Waals surface area contributed by atoms with Gasteiger partial charge in [-0.2, -0.15) is 13.2 Å². The highest BCUT2D eigenvalue weighted by Gasteiger charge is 2.32. The van der Waals surface area contributed by atoms with Crippen LogP contribution in [-0.2, 0) is 12.6 Å². The summed E-state index contributed by atoms with van der Waals surface area (Å²) in [5, 5.41) is 2.81. The molecule has 0 heterocycles. The van der Waals surface area contributed by atoms with E-state index < -0.39 is 23.4 Å². The Morgan fingerprint density at radius 2 is 1.43 bits per heavy atom. The van der Waals surface area contributed by atoms with E-state index in [1.165, 1.54) is 18.2 Å². The Balaban J connectivity index is 1.76. The monoisotopic (exact) mass is 389 g/mol. The van der Waals surface area contributed by atoms with Gasteiger partial charge in [-0.3, -0.25) is 0 Å². The predicted octanol–water partition coefficient (Wildman–Crippen LogP) is 6.66. The number of halogens is 5. The Hall–Kier alpha value is -3.15. The van der Waals surface area contributed by atoms with E-state index in [-0.39, 0.29) is 23.2 Å². The van der Waals surface area contributed by atoms with Crippen molar-refractivity contribution in [2.45, 2.75) is 12.6 Å². The summed E-state index contributed by atoms with van der Waals surface area (Å²) >= 11 is 0. The van der Waals surface area contributed by atoms with Gasteiger partial charge >= 0.3 is 6.18 Å². The highest BCUT2D eigenvalue weighted by molar-refractivity contribution is 5.75. The molecule has 0 saturated carbocycles. The van der Waals surface area contributed by atoms with Crippen molar-refractivity contribution < 1.29 is 22.0 Å². The van der Waals surface area contributed by atoms with Crippen molar-refractivity contribution in [1.82, 2.24) is 0 Å². The van der Waals surface area contributed by atoms with Gasteiger partial charge in [-0.05, 0) is 47.9 Å². The zero-order valence-corrected chi connectivity index (χ0v) is 14.7. The second-order valence-electron chi connectivity index (χ2n) is 6.23. The molecule has 1 N–H and O–H groups in total. The van der Waals surface area contributed by atoms with Crippen molar-refractivity contribution >= 4 is 11.4 Å². The maximum atomic E-state index is 13.8. The molecule has 28 heavy (non-hydrogen) atoms. The van der Waals surface area contributed by atoms with Crippen LogP contribution in [0.5, 0.6) is 0 Å². The normalized spacial score (nSPS) is 11.3. The maximum absolute atomic E-state index is 13.8. The van der Waals surface area contributed by atoms with Gasteiger partial charge in [0.15, 0.2) is 0 Å². The van der Waals surface area contributed by atoms with Crippen LogP contribution in [0.15, 0.2) is 73.3 Å². The maximum Gasteiger partial charge on any atom is 0.416 e. The van der Waals surface area contributed by atoms with Crippen LogP contribution in [0.25, 0.3) is 5.70 Å². The molecule has 0 amide bonds. The SMILES string of the molecule is C=C(Nc1ccc(Cc2ccccc2C(F)(F)F)cc1)c1c(F)cccc1F. The zero-order valence-electron chi connectivity index (χ0n) is 14.7. The van der Waals surface area contributed by atoms with Crippen LogP contribution in [0.1, 0.15) is 22.3 Å². The van der Waals surface area contributed by atoms with E-state index in [4.69, 9.17) is 0 Å². The molecule has 0 aromatic heterocycles. The fourth-order valence-electron chi connectivity index (χ4n) is 2.90. The zero-order chi connectivity index (χ0) is 20.3. The summed E-state index contributed by atoms with van der Waals surface area (Å²) in [4.78, 5) is 0. The van der Waals surface area contributed by atoms with E-state index in [9.17, 15) is 22.0 Å². The van der Waals surface area contributed by atoms with E-state index in [0.717, 1.165) is 18.2 Å². The molecule has 0 radical (unpaired) electrons. The summed E-state index contributed by atoms with van der Waals surface area (Å²) in [5.74, 6) is -1.48. The Bertz CT molecular complexity index is 970. The van der Waals surface area contributed by atoms with Gasteiger partial charge < -0.3 is 5.32 Å². The Kier molecular flexibility index (Phi) is 5.49. The molecule has 3 aromatic carbocycles. The number of benzene rings is 3. The van der Waals surface area contributed by atoms with Gasteiger partial charge in [0.1, 0.15) is 11.6 Å². The molecule has 0 fully saturated rings. The van der Waals surface area contributed by atoms with Crippen LogP contribution in [0.2, 0.25) is 0 Å². The molecule has 0 bridgehead atoms. The molecule has 144 valence electrons. The lowest BCUT2D eigenvalue weighted by Gasteiger charge is -2.14. The summed E-state index contributed by atoms with van der Waals surface area (Å²) < 4.78 is 66.9. The van der Waals surface area contributed by atoms with Crippen LogP contribution in [-0.4, -0.2) is 0 Å². The third-order valence-corrected chi connectivity index (χ3v) is 4.23. The average molecular weight is 389 g/mol. The molecule has 0 saturated heterocycles. The van der Waals surface area contributed by atoms with Crippen molar-refractivity contribution in [3.63, 3.8) is 0 Å². The molecule has 0 unspecified atom stereocenters. The highest BCUT2D eigenvalue weighted by Crippen LogP contribution is 2.33. The van der Waals surface area contributed by atoms with Gasteiger partial charge in [-0.15, -0.1) is 0 Å². The van der Waals surface area contributed by atoms with Gasteiger partial charge in [0, 0.05) is 11.4 Å². The fraction of sp³-hybridized carbons (Fsp3) is 0.0909. The smallest absolute Gasteiger partial charge is 0.355 e. The van der Waals surface area contributed by atoms with E-state index >= 15 is 0 Å². The van der Waals surface area contributed by atoms with Crippen molar-refractivity contribution in [3.05, 3.63) is 107 Å². The van der Waals surface area contributed by atoms with Crippen molar-refractivity contribution in [3.8, 4) is 0 Å². The van der Waals surface area contributed by atoms with E-state index in [1.54, 1.807) is 30.3 Å². The molecule has 3 aromatic rings. The van der Waals surface area contributed by atoms with E-state index in [2.05, 4.69) is 11.9 Å². The average Bonchev–Trinajstić information content (AvgIpc) is 2.63. The van der Waals surface area contributed by atoms with E-state index in [1.807, 2.05) is 0 Å². The Morgan fingerprint density at radius 3 is 2.04 bits per heavy atom. The number of anilines is 1. The molecule has 0 spiro atoms. The minimum absolute atomic E-state index is 0.0470. The van der Waals surface area contributed by atoms with Crippen LogP contribution >= 0.6 is 0 Å². The minimum Gasteiger partial charge on any atom is -0.355 e. The molecule has 0 aliphatic rings. The van der Waals surface area contributed by atoms with Crippen molar-refractivity contribution in [1.29, 1.82) is 0 Å². The number of hydrogen-bond donors (Lipinski definition) is 1. The first-order valence-electron chi connectivity index (χ1n) is 8.40. The minimum atomic E-state index is -4.42. The predicted molar refractivity (Wildman–Crippen MR) is 99.7 cm³/mol. The quantitative estimate of drug-likeness (QED) is 0.481. The van der Waals surface area contributed by atoms with Gasteiger partial charge in [0.05, 0.1) is 11.1 Å². The second kappa shape index (κ2) is 7.84. The second-order valence-corrected chi connectivity index (χ2v) is 6.23. The molecule has 0 aliphatic carbocycles. The lowest BCUT2D eigenvalue weighted by atomic mass is 9.99. The first-order valence-corrected chi connectivity index (χ1v) is 8.40. The van der Waals surface area contributed by atoms with Crippen LogP contribution in [0.4, 0.5) is 27.6 Å². The standard InChI is InChI=1S/C22H16F5N/c1-14(21-19(23)7-4-8-20(21)24)28-17-11-9-15(10-12-17)13-16-5-2-3-6-18(16)22(25,26)27/h2-12,28H,1,13H2. The highest BCUT2D eigenvalue weighted by atomic mass is 19.4. The third-order valence-electron chi connectivity index (χ3n) is 4.23. The summed E-state index contributed by atoms with van der Waals surface area (Å²) in [6.45, 7) is 3.65. The van der Waals surface area contributed by atoms with Gasteiger partial charge in [0.25, 0.3) is 0 Å². The molecule has 6 heteroatoms. The Morgan fingerprint density at radius 1 is 0.821 bits per heavy atom. The van der Waals surface area contributed by atoms with Gasteiger partial charge in [-0.25, -0.2) is 8.78 Å². The summed E-state index contributed by atoms with van der Waals surface area (Å²) in [6, 6.07) is 15.5. The number of rotatable bonds is 5. The molecule has 0 atom stereocenters. The first-order chi connectivity index (χ1) is 13.3. The fourth-order valence-corrected chi connectivity index (χ4v) is 2.90. The van der Waals surface area contributed by atoms with Crippen molar-refractivity contribution in [2.75, 3.05) is 5.32 Å². The number of nitrogens with one attached hydrogen (secondary N) is 1. The molecular formula is C22H16F5N. The van der Waals surface area contributed by atoms with Gasteiger partial charge in [-0.1, -0.05) is 43.0 Å². The number of alkyl halides is 3. The van der Waals surface area contributed by atoms with Crippen LogP contribution in [0, 0.1) is 11.6 Å². The lowest BCUT2D eigenvalue weighted by Crippen LogP contribution is -2.09. The van der Waals surface area contributed by atoms with E-state index in [0.29, 0.717) is 11.3 Å². The molecule has 1 nitrogen and oxygen atoms in total. The number of hydrogen-bond acceptors (Lipinski definition) is 1. The van der Waals surface area contributed by atoms with Crippen LogP contribution < -0.4 is 5.32 Å². The van der Waals surface area contributed by atoms with Gasteiger partial charge in [0.2, 0.25) is 0 Å². The third kappa shape index (κ3) is 4.39. The summed E-state index contributed by atoms with van der Waals surface area (Å²) in [5.41, 5.74) is 0.482. The Labute approximate surface area is 159 Å². The topological polar surface area (TPSA) is 12.0 Å². The largest absolute Gasteiger partial charge is 0.416 e.